The SMILES string of the molecule is Cc1cc(C(=O)N(CCO)C2CC2)cc(Cl)n1. The third kappa shape index (κ3) is 2.96. The van der Waals surface area contributed by atoms with Crippen molar-refractivity contribution in [2.24, 2.45) is 0 Å². The molecule has 0 spiro atoms. The molecule has 17 heavy (non-hydrogen) atoms. The van der Waals surface area contributed by atoms with Crippen molar-refractivity contribution in [1.29, 1.82) is 0 Å². The first-order valence-electron chi connectivity index (χ1n) is 5.68. The molecule has 5 heteroatoms. The van der Waals surface area contributed by atoms with Crippen molar-refractivity contribution in [2.45, 2.75) is 25.8 Å². The maximum atomic E-state index is 12.2. The van der Waals surface area contributed by atoms with E-state index in [4.69, 9.17) is 16.7 Å². The van der Waals surface area contributed by atoms with Crippen LogP contribution in [0.2, 0.25) is 5.15 Å². The fraction of sp³-hybridized carbons (Fsp3) is 0.500. The van der Waals surface area contributed by atoms with Gasteiger partial charge in [-0.25, -0.2) is 4.98 Å². The Labute approximate surface area is 105 Å². The van der Waals surface area contributed by atoms with Crippen molar-refractivity contribution < 1.29 is 9.90 Å². The summed E-state index contributed by atoms with van der Waals surface area (Å²) >= 11 is 5.84. The van der Waals surface area contributed by atoms with Crippen molar-refractivity contribution in [3.63, 3.8) is 0 Å². The Hall–Kier alpha value is -1.13. The van der Waals surface area contributed by atoms with Crippen LogP contribution in [-0.4, -0.2) is 40.1 Å². The van der Waals surface area contributed by atoms with Crippen LogP contribution in [0.3, 0.4) is 0 Å². The molecule has 1 aromatic rings. The maximum Gasteiger partial charge on any atom is 0.254 e. The molecular formula is C12H15ClN2O2. The fourth-order valence-electron chi connectivity index (χ4n) is 1.86. The van der Waals surface area contributed by atoms with Gasteiger partial charge in [-0.2, -0.15) is 0 Å². The lowest BCUT2D eigenvalue weighted by Gasteiger charge is -2.21. The number of hydrogen-bond acceptors (Lipinski definition) is 3. The Kier molecular flexibility index (Phi) is 3.64. The van der Waals surface area contributed by atoms with E-state index < -0.39 is 0 Å². The highest BCUT2D eigenvalue weighted by atomic mass is 35.5. The molecule has 0 aliphatic heterocycles. The van der Waals surface area contributed by atoms with Gasteiger partial charge in [0.25, 0.3) is 5.91 Å². The van der Waals surface area contributed by atoms with Gasteiger partial charge in [-0.15, -0.1) is 0 Å². The van der Waals surface area contributed by atoms with Crippen molar-refractivity contribution in [3.05, 3.63) is 28.5 Å². The van der Waals surface area contributed by atoms with Gasteiger partial charge in [0.05, 0.1) is 6.61 Å². The number of amides is 1. The van der Waals surface area contributed by atoms with Gasteiger partial charge in [0, 0.05) is 23.8 Å². The highest BCUT2D eigenvalue weighted by Crippen LogP contribution is 2.28. The molecule has 4 nitrogen and oxygen atoms in total. The van der Waals surface area contributed by atoms with E-state index in [1.54, 1.807) is 24.0 Å². The second-order valence-electron chi connectivity index (χ2n) is 4.27. The van der Waals surface area contributed by atoms with Gasteiger partial charge in [0.2, 0.25) is 0 Å². The minimum Gasteiger partial charge on any atom is -0.395 e. The fourth-order valence-corrected chi connectivity index (χ4v) is 2.11. The predicted octanol–water partition coefficient (Wildman–Crippen LogP) is 1.64. The quantitative estimate of drug-likeness (QED) is 0.831. The Morgan fingerprint density at radius 3 is 2.82 bits per heavy atom. The highest BCUT2D eigenvalue weighted by Gasteiger charge is 2.32. The number of aromatic nitrogens is 1. The molecule has 1 fully saturated rings. The van der Waals surface area contributed by atoms with Crippen molar-refractivity contribution in [1.82, 2.24) is 9.88 Å². The van der Waals surface area contributed by atoms with Gasteiger partial charge in [0.1, 0.15) is 5.15 Å². The predicted molar refractivity (Wildman–Crippen MR) is 65.1 cm³/mol. The number of nitrogens with zero attached hydrogens (tertiary/aromatic N) is 2. The molecule has 0 radical (unpaired) electrons. The number of hydrogen-bond donors (Lipinski definition) is 1. The number of pyridine rings is 1. The van der Waals surface area contributed by atoms with Crippen LogP contribution in [0.15, 0.2) is 12.1 Å². The van der Waals surface area contributed by atoms with Crippen molar-refractivity contribution >= 4 is 17.5 Å². The Bertz CT molecular complexity index is 412. The minimum absolute atomic E-state index is 0.0139. The lowest BCUT2D eigenvalue weighted by Crippen LogP contribution is -2.35. The summed E-state index contributed by atoms with van der Waals surface area (Å²) in [7, 11) is 0. The normalized spacial score (nSPS) is 14.8. The first-order chi connectivity index (χ1) is 8.11. The van der Waals surface area contributed by atoms with E-state index in [0.717, 1.165) is 18.5 Å². The summed E-state index contributed by atoms with van der Waals surface area (Å²) in [5.41, 5.74) is 1.27. The molecule has 1 saturated carbocycles. The van der Waals surface area contributed by atoms with E-state index in [-0.39, 0.29) is 18.6 Å². The van der Waals surface area contributed by atoms with Gasteiger partial charge in [-0.05, 0) is 31.9 Å². The molecule has 1 aliphatic carbocycles. The summed E-state index contributed by atoms with van der Waals surface area (Å²) in [6, 6.07) is 3.58. The van der Waals surface area contributed by atoms with E-state index in [0.29, 0.717) is 17.3 Å². The second-order valence-corrected chi connectivity index (χ2v) is 4.66. The topological polar surface area (TPSA) is 53.4 Å². The number of carbonyl (C=O) groups excluding carboxylic acids is 1. The summed E-state index contributed by atoms with van der Waals surface area (Å²) in [5.74, 6) is -0.0750. The molecule has 0 saturated heterocycles. The molecule has 1 N–H and O–H groups in total. The molecule has 2 rings (SSSR count). The average Bonchev–Trinajstić information content (AvgIpc) is 3.07. The van der Waals surface area contributed by atoms with Crippen LogP contribution in [0.4, 0.5) is 0 Å². The van der Waals surface area contributed by atoms with Crippen LogP contribution in [0, 0.1) is 6.92 Å². The number of aliphatic hydroxyl groups excluding tert-OH is 1. The first-order valence-corrected chi connectivity index (χ1v) is 6.05. The lowest BCUT2D eigenvalue weighted by molar-refractivity contribution is 0.0707. The second kappa shape index (κ2) is 5.02. The molecule has 1 aromatic heterocycles. The van der Waals surface area contributed by atoms with Crippen LogP contribution in [0.25, 0.3) is 0 Å². The monoisotopic (exact) mass is 254 g/mol. The third-order valence-corrected chi connectivity index (χ3v) is 2.95. The van der Waals surface area contributed by atoms with Gasteiger partial charge in [-0.1, -0.05) is 11.6 Å². The smallest absolute Gasteiger partial charge is 0.254 e. The van der Waals surface area contributed by atoms with Crippen molar-refractivity contribution in [2.75, 3.05) is 13.2 Å². The molecule has 0 unspecified atom stereocenters. The molecule has 0 bridgehead atoms. The Morgan fingerprint density at radius 2 is 2.29 bits per heavy atom. The summed E-state index contributed by atoms with van der Waals surface area (Å²) in [6.45, 7) is 2.17. The van der Waals surface area contributed by atoms with E-state index in [9.17, 15) is 4.79 Å². The standard InChI is InChI=1S/C12H15ClN2O2/c1-8-6-9(7-11(13)14-8)12(17)15(4-5-16)10-2-3-10/h6-7,10,16H,2-5H2,1H3. The molecule has 0 aromatic carbocycles. The summed E-state index contributed by atoms with van der Waals surface area (Å²) in [4.78, 5) is 18.0. The number of carbonyl (C=O) groups is 1. The zero-order valence-corrected chi connectivity index (χ0v) is 10.4. The van der Waals surface area contributed by atoms with Crippen molar-refractivity contribution in [3.8, 4) is 0 Å². The molecule has 1 aliphatic rings. The van der Waals surface area contributed by atoms with E-state index in [1.807, 2.05) is 0 Å². The van der Waals surface area contributed by atoms with Crippen LogP contribution < -0.4 is 0 Å². The molecule has 1 amide bonds. The summed E-state index contributed by atoms with van der Waals surface area (Å²) in [5, 5.41) is 9.31. The van der Waals surface area contributed by atoms with Gasteiger partial charge >= 0.3 is 0 Å². The largest absolute Gasteiger partial charge is 0.395 e. The van der Waals surface area contributed by atoms with E-state index in [1.165, 1.54) is 0 Å². The number of halogens is 1. The molecular weight excluding hydrogens is 240 g/mol. The van der Waals surface area contributed by atoms with E-state index >= 15 is 0 Å². The number of aliphatic hydroxyl groups is 1. The third-order valence-electron chi connectivity index (χ3n) is 2.76. The first kappa shape index (κ1) is 12.3. The zero-order chi connectivity index (χ0) is 12.4. The van der Waals surface area contributed by atoms with Gasteiger partial charge in [0.15, 0.2) is 0 Å². The zero-order valence-electron chi connectivity index (χ0n) is 9.69. The molecule has 92 valence electrons. The Balaban J connectivity index is 2.21. The maximum absolute atomic E-state index is 12.2. The van der Waals surface area contributed by atoms with Crippen LogP contribution in [0.5, 0.6) is 0 Å². The van der Waals surface area contributed by atoms with Crippen LogP contribution in [0.1, 0.15) is 28.9 Å². The number of rotatable bonds is 4. The van der Waals surface area contributed by atoms with Crippen LogP contribution >= 0.6 is 11.6 Å². The molecule has 1 heterocycles. The highest BCUT2D eigenvalue weighted by molar-refractivity contribution is 6.29. The van der Waals surface area contributed by atoms with Gasteiger partial charge in [-0.3, -0.25) is 4.79 Å². The average molecular weight is 255 g/mol. The summed E-state index contributed by atoms with van der Waals surface area (Å²) < 4.78 is 0. The minimum atomic E-state index is -0.0750. The van der Waals surface area contributed by atoms with E-state index in [2.05, 4.69) is 4.98 Å². The summed E-state index contributed by atoms with van der Waals surface area (Å²) in [6.07, 6.45) is 2.03. The number of aryl methyl sites for hydroxylation is 1. The van der Waals surface area contributed by atoms with Crippen LogP contribution in [-0.2, 0) is 0 Å². The van der Waals surface area contributed by atoms with Gasteiger partial charge < -0.3 is 10.0 Å². The Morgan fingerprint density at radius 1 is 1.59 bits per heavy atom. The lowest BCUT2D eigenvalue weighted by atomic mass is 10.2. The molecule has 0 atom stereocenters.